The van der Waals surface area contributed by atoms with Crippen molar-refractivity contribution in [3.8, 4) is 5.69 Å². The number of benzene rings is 1. The summed E-state index contributed by atoms with van der Waals surface area (Å²) < 4.78 is 53.8. The van der Waals surface area contributed by atoms with Gasteiger partial charge in [-0.25, -0.2) is 24.0 Å². The summed E-state index contributed by atoms with van der Waals surface area (Å²) in [6.07, 6.45) is -3.60. The minimum Gasteiger partial charge on any atom is -0.304 e. The maximum absolute atomic E-state index is 14.7. The SMILES string of the molecule is Cc1cc2c(nc1C)c(=O)c(C(=O)Nc1cnc(C(F)(F)F)cn1)nn2-c1ccc(Cl)cc1F. The molecule has 0 unspecified atom stereocenters. The van der Waals surface area contributed by atoms with Crippen LogP contribution >= 0.6 is 11.6 Å². The van der Waals surface area contributed by atoms with Gasteiger partial charge in [0.05, 0.1) is 17.9 Å². The Balaban J connectivity index is 1.86. The summed E-state index contributed by atoms with van der Waals surface area (Å²) in [6, 6.07) is 5.32. The quantitative estimate of drug-likeness (QED) is 0.429. The number of nitrogens with one attached hydrogen (secondary N) is 1. The molecule has 4 rings (SSSR count). The molecular weight excluding hydrogens is 480 g/mol. The molecule has 0 radical (unpaired) electrons. The van der Waals surface area contributed by atoms with Crippen LogP contribution in [0.5, 0.6) is 0 Å². The molecule has 0 saturated heterocycles. The van der Waals surface area contributed by atoms with E-state index in [4.69, 9.17) is 11.6 Å². The standard InChI is InChI=1S/C21H13ClF4N6O2/c1-9-5-14-17(29-10(9)2)19(33)18(31-32(14)13-4-3-11(22)6-12(13)23)20(34)30-16-8-27-15(7-28-16)21(24,25)26/h3-8H,1-2H3,(H,28,30,34). The molecule has 3 heterocycles. The average Bonchev–Trinajstić information content (AvgIpc) is 2.76. The first kappa shape index (κ1) is 23.2. The minimum atomic E-state index is -4.71. The molecule has 13 heteroatoms. The van der Waals surface area contributed by atoms with Gasteiger partial charge in [0.25, 0.3) is 5.91 Å². The molecule has 1 amide bonds. The minimum absolute atomic E-state index is 0.108. The summed E-state index contributed by atoms with van der Waals surface area (Å²) in [7, 11) is 0. The number of nitrogens with zero attached hydrogens (tertiary/aromatic N) is 5. The van der Waals surface area contributed by atoms with Crippen molar-refractivity contribution in [2.75, 3.05) is 5.32 Å². The van der Waals surface area contributed by atoms with Crippen LogP contribution in [0.4, 0.5) is 23.4 Å². The zero-order chi connectivity index (χ0) is 24.8. The Morgan fingerprint density at radius 3 is 2.47 bits per heavy atom. The third-order valence-corrected chi connectivity index (χ3v) is 5.08. The van der Waals surface area contributed by atoms with Crippen molar-refractivity contribution in [2.24, 2.45) is 0 Å². The number of alkyl halides is 3. The molecule has 3 aromatic heterocycles. The van der Waals surface area contributed by atoms with Crippen LogP contribution in [0.2, 0.25) is 5.02 Å². The lowest BCUT2D eigenvalue weighted by atomic mass is 10.1. The van der Waals surface area contributed by atoms with Crippen molar-refractivity contribution in [1.29, 1.82) is 0 Å². The van der Waals surface area contributed by atoms with E-state index >= 15 is 0 Å². The summed E-state index contributed by atoms with van der Waals surface area (Å²) in [5.74, 6) is -2.22. The van der Waals surface area contributed by atoms with Crippen LogP contribution < -0.4 is 10.7 Å². The van der Waals surface area contributed by atoms with Crippen molar-refractivity contribution in [1.82, 2.24) is 24.7 Å². The van der Waals surface area contributed by atoms with Gasteiger partial charge >= 0.3 is 6.18 Å². The fourth-order valence-electron chi connectivity index (χ4n) is 3.03. The second-order valence-corrected chi connectivity index (χ2v) is 7.62. The van der Waals surface area contributed by atoms with Crippen LogP contribution in [0.3, 0.4) is 0 Å². The summed E-state index contributed by atoms with van der Waals surface area (Å²) >= 11 is 5.83. The molecule has 34 heavy (non-hydrogen) atoms. The molecule has 4 aromatic rings. The molecule has 0 bridgehead atoms. The first-order valence-electron chi connectivity index (χ1n) is 9.53. The van der Waals surface area contributed by atoms with Crippen molar-refractivity contribution in [3.05, 3.63) is 80.4 Å². The lowest BCUT2D eigenvalue weighted by Gasteiger charge is -2.14. The van der Waals surface area contributed by atoms with Crippen molar-refractivity contribution < 1.29 is 22.4 Å². The molecule has 8 nitrogen and oxygen atoms in total. The Kier molecular flexibility index (Phi) is 5.77. The van der Waals surface area contributed by atoms with Gasteiger partial charge < -0.3 is 5.32 Å². The Hall–Kier alpha value is -3.93. The summed E-state index contributed by atoms with van der Waals surface area (Å²) in [6.45, 7) is 3.39. The van der Waals surface area contributed by atoms with Gasteiger partial charge in [-0.15, -0.1) is 0 Å². The van der Waals surface area contributed by atoms with Gasteiger partial charge in [-0.2, -0.15) is 18.3 Å². The molecule has 0 aliphatic rings. The highest BCUT2D eigenvalue weighted by atomic mass is 35.5. The predicted octanol–water partition coefficient (Wildman–Crippen LogP) is 4.25. The molecule has 1 aromatic carbocycles. The molecule has 0 aliphatic heterocycles. The number of hydrogen-bond donors (Lipinski definition) is 1. The fourth-order valence-corrected chi connectivity index (χ4v) is 3.19. The molecule has 1 N–H and O–H groups in total. The molecule has 174 valence electrons. The molecule has 0 fully saturated rings. The van der Waals surface area contributed by atoms with Crippen molar-refractivity contribution in [2.45, 2.75) is 20.0 Å². The smallest absolute Gasteiger partial charge is 0.304 e. The van der Waals surface area contributed by atoms with Crippen LogP contribution in [0.25, 0.3) is 16.7 Å². The summed E-state index contributed by atoms with van der Waals surface area (Å²) in [5, 5.41) is 6.32. The first-order chi connectivity index (χ1) is 16.0. The van der Waals surface area contributed by atoms with Crippen LogP contribution in [-0.2, 0) is 6.18 Å². The second-order valence-electron chi connectivity index (χ2n) is 7.18. The second kappa shape index (κ2) is 8.45. The van der Waals surface area contributed by atoms with Crippen LogP contribution in [0.1, 0.15) is 27.4 Å². The number of amides is 1. The zero-order valence-electron chi connectivity index (χ0n) is 17.4. The van der Waals surface area contributed by atoms with Crippen LogP contribution in [0.15, 0.2) is 41.5 Å². The average molecular weight is 493 g/mol. The van der Waals surface area contributed by atoms with E-state index in [1.807, 2.05) is 0 Å². The van der Waals surface area contributed by atoms with Gasteiger partial charge in [-0.3, -0.25) is 9.59 Å². The largest absolute Gasteiger partial charge is 0.434 e. The maximum Gasteiger partial charge on any atom is 0.434 e. The Morgan fingerprint density at radius 2 is 1.85 bits per heavy atom. The van der Waals surface area contributed by atoms with Gasteiger partial charge in [0.1, 0.15) is 17.0 Å². The Bertz CT molecular complexity index is 1500. The maximum atomic E-state index is 14.7. The first-order valence-corrected chi connectivity index (χ1v) is 9.91. The highest BCUT2D eigenvalue weighted by Gasteiger charge is 2.33. The number of carbonyl (C=O) groups is 1. The number of hydrogen-bond acceptors (Lipinski definition) is 6. The van der Waals surface area contributed by atoms with Crippen LogP contribution in [-0.4, -0.2) is 30.6 Å². The van der Waals surface area contributed by atoms with Gasteiger partial charge in [0.15, 0.2) is 17.2 Å². The Labute approximate surface area is 193 Å². The molecule has 0 aliphatic carbocycles. The number of pyridine rings is 1. The van der Waals surface area contributed by atoms with E-state index in [9.17, 15) is 27.2 Å². The molecule has 0 atom stereocenters. The molecular formula is C21H13ClF4N6O2. The van der Waals surface area contributed by atoms with E-state index < -0.39 is 34.7 Å². The number of anilines is 1. The number of carbonyl (C=O) groups excluding carboxylic acids is 1. The lowest BCUT2D eigenvalue weighted by Crippen LogP contribution is -2.28. The number of aromatic nitrogens is 5. The number of fused-ring (bicyclic) bond motifs is 1. The highest BCUT2D eigenvalue weighted by molar-refractivity contribution is 6.30. The highest BCUT2D eigenvalue weighted by Crippen LogP contribution is 2.27. The number of halogens is 5. The number of aryl methyl sites for hydroxylation is 2. The summed E-state index contributed by atoms with van der Waals surface area (Å²) in [5.41, 5.74) is -1.74. The fraction of sp³-hybridized carbons (Fsp3) is 0.143. The van der Waals surface area contributed by atoms with Gasteiger partial charge in [-0.05, 0) is 43.7 Å². The normalized spacial score (nSPS) is 11.6. The van der Waals surface area contributed by atoms with Crippen molar-refractivity contribution in [3.63, 3.8) is 0 Å². The van der Waals surface area contributed by atoms with E-state index in [2.05, 4.69) is 25.4 Å². The van der Waals surface area contributed by atoms with E-state index in [-0.39, 0.29) is 27.6 Å². The predicted molar refractivity (Wildman–Crippen MR) is 115 cm³/mol. The van der Waals surface area contributed by atoms with E-state index in [0.717, 1.165) is 10.7 Å². The third-order valence-electron chi connectivity index (χ3n) is 4.84. The van der Waals surface area contributed by atoms with Gasteiger partial charge in [-0.1, -0.05) is 11.6 Å². The topological polar surface area (TPSA) is 103 Å². The van der Waals surface area contributed by atoms with Crippen molar-refractivity contribution >= 4 is 34.4 Å². The third kappa shape index (κ3) is 4.31. The number of rotatable bonds is 3. The molecule has 0 saturated carbocycles. The van der Waals surface area contributed by atoms with Gasteiger partial charge in [0, 0.05) is 10.7 Å². The zero-order valence-corrected chi connectivity index (χ0v) is 18.2. The van der Waals surface area contributed by atoms with Crippen LogP contribution in [0, 0.1) is 19.7 Å². The van der Waals surface area contributed by atoms with E-state index in [0.29, 0.717) is 23.7 Å². The monoisotopic (exact) mass is 492 g/mol. The van der Waals surface area contributed by atoms with Gasteiger partial charge in [0.2, 0.25) is 5.43 Å². The van der Waals surface area contributed by atoms with E-state index in [1.165, 1.54) is 12.1 Å². The summed E-state index contributed by atoms with van der Waals surface area (Å²) in [4.78, 5) is 36.8. The van der Waals surface area contributed by atoms with E-state index in [1.54, 1.807) is 19.9 Å². The lowest BCUT2D eigenvalue weighted by molar-refractivity contribution is -0.141. The molecule has 0 spiro atoms. The Morgan fingerprint density at radius 1 is 1.12 bits per heavy atom.